The van der Waals surface area contributed by atoms with Gasteiger partial charge in [-0.2, -0.15) is 0 Å². The first-order chi connectivity index (χ1) is 16.4. The van der Waals surface area contributed by atoms with Gasteiger partial charge in [-0.15, -0.1) is 0 Å². The number of carbonyl (C=O) groups excluding carboxylic acids is 1. The molecular weight excluding hydrogens is 426 g/mol. The molecule has 0 spiro atoms. The fourth-order valence-electron chi connectivity index (χ4n) is 4.62. The van der Waals surface area contributed by atoms with Crippen molar-refractivity contribution in [2.45, 2.75) is 45.1 Å². The van der Waals surface area contributed by atoms with E-state index < -0.39 is 5.97 Å². The second kappa shape index (κ2) is 10.4. The fraction of sp³-hybridized carbons (Fsp3) is 0.286. The Kier molecular flexibility index (Phi) is 7.16. The normalized spacial score (nSPS) is 13.8. The molecule has 1 aliphatic rings. The van der Waals surface area contributed by atoms with Crippen LogP contribution in [-0.2, 0) is 0 Å². The van der Waals surface area contributed by atoms with E-state index in [0.29, 0.717) is 23.0 Å². The Hall–Kier alpha value is -3.80. The van der Waals surface area contributed by atoms with Gasteiger partial charge >= 0.3 is 12.0 Å². The second-order valence-corrected chi connectivity index (χ2v) is 8.93. The molecule has 2 amide bonds. The van der Waals surface area contributed by atoms with Crippen molar-refractivity contribution in [1.82, 2.24) is 0 Å². The number of benzene rings is 3. The zero-order chi connectivity index (χ0) is 24.1. The molecule has 0 unspecified atom stereocenters. The minimum atomic E-state index is -0.981. The molecule has 3 N–H and O–H groups in total. The average Bonchev–Trinajstić information content (AvgIpc) is 2.85. The first-order valence-corrected chi connectivity index (χ1v) is 11.8. The van der Waals surface area contributed by atoms with Gasteiger partial charge in [0.25, 0.3) is 0 Å². The van der Waals surface area contributed by atoms with E-state index in [1.165, 1.54) is 19.3 Å². The molecule has 3 aromatic carbocycles. The van der Waals surface area contributed by atoms with Crippen LogP contribution in [0.4, 0.5) is 21.9 Å². The summed E-state index contributed by atoms with van der Waals surface area (Å²) in [7, 11) is 2.07. The van der Waals surface area contributed by atoms with Crippen LogP contribution in [0.5, 0.6) is 0 Å². The molecule has 4 rings (SSSR count). The zero-order valence-corrected chi connectivity index (χ0v) is 19.7. The Labute approximate surface area is 200 Å². The van der Waals surface area contributed by atoms with Crippen LogP contribution in [0, 0.1) is 6.92 Å². The highest BCUT2D eigenvalue weighted by Gasteiger charge is 2.22. The Morgan fingerprint density at radius 3 is 2.32 bits per heavy atom. The van der Waals surface area contributed by atoms with E-state index in [1.54, 1.807) is 18.2 Å². The van der Waals surface area contributed by atoms with E-state index in [9.17, 15) is 14.7 Å². The average molecular weight is 458 g/mol. The van der Waals surface area contributed by atoms with E-state index >= 15 is 0 Å². The van der Waals surface area contributed by atoms with Gasteiger partial charge in [-0.05, 0) is 61.2 Å². The number of urea groups is 1. The zero-order valence-electron chi connectivity index (χ0n) is 19.7. The van der Waals surface area contributed by atoms with Gasteiger partial charge < -0.3 is 20.6 Å². The molecule has 34 heavy (non-hydrogen) atoms. The molecule has 1 saturated carbocycles. The van der Waals surface area contributed by atoms with Crippen LogP contribution in [0.15, 0.2) is 66.7 Å². The maximum Gasteiger partial charge on any atom is 0.336 e. The quantitative estimate of drug-likeness (QED) is 0.381. The molecule has 0 atom stereocenters. The SMILES string of the molecule is Cc1ccc(NC(=O)Nc2cc(-c3ccccc3C(=O)O)ccc2N(C)C2CCCCC2)cc1. The maximum atomic E-state index is 12.9. The molecule has 176 valence electrons. The predicted molar refractivity (Wildman–Crippen MR) is 138 cm³/mol. The lowest BCUT2D eigenvalue weighted by Crippen LogP contribution is -2.34. The van der Waals surface area contributed by atoms with Gasteiger partial charge in [-0.25, -0.2) is 9.59 Å². The molecule has 3 aromatic rings. The van der Waals surface area contributed by atoms with Crippen molar-refractivity contribution in [2.75, 3.05) is 22.6 Å². The summed E-state index contributed by atoms with van der Waals surface area (Å²) in [6, 6.07) is 20.4. The molecule has 0 aromatic heterocycles. The number of nitrogens with zero attached hydrogens (tertiary/aromatic N) is 1. The lowest BCUT2D eigenvalue weighted by molar-refractivity contribution is 0.0697. The summed E-state index contributed by atoms with van der Waals surface area (Å²) in [6.45, 7) is 2.00. The third-order valence-electron chi connectivity index (χ3n) is 6.53. The van der Waals surface area contributed by atoms with Crippen LogP contribution in [0.1, 0.15) is 48.0 Å². The standard InChI is InChI=1S/C28H31N3O3/c1-19-12-15-21(16-13-19)29-28(34)30-25-18-20(23-10-6-7-11-24(23)27(32)33)14-17-26(25)31(2)22-8-4-3-5-9-22/h6-7,10-18,22H,3-5,8-9H2,1-2H3,(H,32,33)(H2,29,30,34). The van der Waals surface area contributed by atoms with Crippen molar-refractivity contribution < 1.29 is 14.7 Å². The summed E-state index contributed by atoms with van der Waals surface area (Å²) in [5.41, 5.74) is 4.97. The number of carbonyl (C=O) groups is 2. The summed E-state index contributed by atoms with van der Waals surface area (Å²) in [4.78, 5) is 26.9. The number of nitrogens with one attached hydrogen (secondary N) is 2. The highest BCUT2D eigenvalue weighted by atomic mass is 16.4. The van der Waals surface area contributed by atoms with Gasteiger partial charge in [0.15, 0.2) is 0 Å². The van der Waals surface area contributed by atoms with Gasteiger partial charge in [0.2, 0.25) is 0 Å². The molecule has 1 fully saturated rings. The number of rotatable bonds is 6. The van der Waals surface area contributed by atoms with Gasteiger partial charge in [-0.1, -0.05) is 61.2 Å². The largest absolute Gasteiger partial charge is 0.478 e. The number of hydrogen-bond acceptors (Lipinski definition) is 3. The molecule has 0 saturated heterocycles. The minimum absolute atomic E-state index is 0.228. The smallest absolute Gasteiger partial charge is 0.336 e. The van der Waals surface area contributed by atoms with Crippen LogP contribution in [0.2, 0.25) is 0 Å². The van der Waals surface area contributed by atoms with E-state index in [-0.39, 0.29) is 11.6 Å². The van der Waals surface area contributed by atoms with Crippen molar-refractivity contribution >= 4 is 29.1 Å². The van der Waals surface area contributed by atoms with E-state index in [4.69, 9.17) is 0 Å². The number of hydrogen-bond donors (Lipinski definition) is 3. The number of aryl methyl sites for hydroxylation is 1. The number of aromatic carboxylic acids is 1. The molecule has 6 nitrogen and oxygen atoms in total. The number of amides is 2. The number of carboxylic acid groups (broad SMARTS) is 1. The van der Waals surface area contributed by atoms with Crippen molar-refractivity contribution in [1.29, 1.82) is 0 Å². The summed E-state index contributed by atoms with van der Waals surface area (Å²) >= 11 is 0. The van der Waals surface area contributed by atoms with Crippen LogP contribution in [0.25, 0.3) is 11.1 Å². The maximum absolute atomic E-state index is 12.9. The predicted octanol–water partition coefficient (Wildman–Crippen LogP) is 6.77. The van der Waals surface area contributed by atoms with Gasteiger partial charge in [0, 0.05) is 18.8 Å². The third-order valence-corrected chi connectivity index (χ3v) is 6.53. The fourth-order valence-corrected chi connectivity index (χ4v) is 4.62. The molecule has 0 bridgehead atoms. The summed E-state index contributed by atoms with van der Waals surface area (Å²) in [6.07, 6.45) is 5.91. The Morgan fingerprint density at radius 1 is 0.912 bits per heavy atom. The van der Waals surface area contributed by atoms with E-state index in [0.717, 1.165) is 29.7 Å². The summed E-state index contributed by atoms with van der Waals surface area (Å²) in [5.74, 6) is -0.981. The Bertz CT molecular complexity index is 1170. The van der Waals surface area contributed by atoms with Crippen molar-refractivity contribution in [3.05, 3.63) is 77.9 Å². The van der Waals surface area contributed by atoms with Crippen molar-refractivity contribution in [2.24, 2.45) is 0 Å². The lowest BCUT2D eigenvalue weighted by atomic mass is 9.93. The van der Waals surface area contributed by atoms with Crippen molar-refractivity contribution in [3.63, 3.8) is 0 Å². The highest BCUT2D eigenvalue weighted by molar-refractivity contribution is 6.03. The van der Waals surface area contributed by atoms with Gasteiger partial charge in [-0.3, -0.25) is 0 Å². The first-order valence-electron chi connectivity index (χ1n) is 11.8. The van der Waals surface area contributed by atoms with Crippen molar-refractivity contribution in [3.8, 4) is 11.1 Å². The van der Waals surface area contributed by atoms with Gasteiger partial charge in [0.1, 0.15) is 0 Å². The second-order valence-electron chi connectivity index (χ2n) is 8.93. The van der Waals surface area contributed by atoms with Gasteiger partial charge in [0.05, 0.1) is 16.9 Å². The molecule has 0 radical (unpaired) electrons. The molecule has 1 aliphatic carbocycles. The van der Waals surface area contributed by atoms with Crippen LogP contribution < -0.4 is 15.5 Å². The lowest BCUT2D eigenvalue weighted by Gasteiger charge is -2.34. The Morgan fingerprint density at radius 2 is 1.62 bits per heavy atom. The molecule has 0 heterocycles. The summed E-state index contributed by atoms with van der Waals surface area (Å²) < 4.78 is 0. The van der Waals surface area contributed by atoms with E-state index in [2.05, 4.69) is 22.6 Å². The van der Waals surface area contributed by atoms with Crippen LogP contribution in [-0.4, -0.2) is 30.2 Å². The first kappa shape index (κ1) is 23.4. The third kappa shape index (κ3) is 5.39. The molecule has 0 aliphatic heterocycles. The summed E-state index contributed by atoms with van der Waals surface area (Å²) in [5, 5.41) is 15.6. The highest BCUT2D eigenvalue weighted by Crippen LogP contribution is 2.36. The minimum Gasteiger partial charge on any atom is -0.478 e. The van der Waals surface area contributed by atoms with E-state index in [1.807, 2.05) is 55.5 Å². The topological polar surface area (TPSA) is 81.7 Å². The number of carboxylic acids is 1. The van der Waals surface area contributed by atoms with Crippen LogP contribution >= 0.6 is 0 Å². The molecule has 6 heteroatoms. The van der Waals surface area contributed by atoms with Crippen LogP contribution in [0.3, 0.4) is 0 Å². The monoisotopic (exact) mass is 457 g/mol. The molecular formula is C28H31N3O3. The number of anilines is 3. The Balaban J connectivity index is 1.68.